The van der Waals surface area contributed by atoms with Gasteiger partial charge in [0.15, 0.2) is 0 Å². The van der Waals surface area contributed by atoms with Gasteiger partial charge in [0.05, 0.1) is 9.85 Å². The van der Waals surface area contributed by atoms with Gasteiger partial charge in [-0.2, -0.15) is 0 Å². The molecule has 0 amide bonds. The van der Waals surface area contributed by atoms with Crippen LogP contribution in [0.15, 0.2) is 48.5 Å². The maximum Gasteiger partial charge on any atom is 0.292 e. The Balaban J connectivity index is 1.81. The second kappa shape index (κ2) is 7.81. The van der Waals surface area contributed by atoms with Crippen LogP contribution >= 0.6 is 0 Å². The highest BCUT2D eigenvalue weighted by atomic mass is 16.6. The van der Waals surface area contributed by atoms with Crippen LogP contribution in [0.5, 0.6) is 0 Å². The molecule has 0 saturated heterocycles. The van der Waals surface area contributed by atoms with Gasteiger partial charge >= 0.3 is 0 Å². The molecule has 8 nitrogen and oxygen atoms in total. The molecule has 1 aliphatic rings. The molecule has 8 heteroatoms. The fourth-order valence-corrected chi connectivity index (χ4v) is 3.39. The van der Waals surface area contributed by atoms with Crippen LogP contribution in [0.25, 0.3) is 0 Å². The van der Waals surface area contributed by atoms with Gasteiger partial charge < -0.3 is 10.6 Å². The third-order valence-electron chi connectivity index (χ3n) is 4.65. The van der Waals surface area contributed by atoms with Crippen LogP contribution in [-0.4, -0.2) is 21.9 Å². The van der Waals surface area contributed by atoms with Crippen LogP contribution in [0.4, 0.5) is 22.7 Å². The number of hydrogen-bond acceptors (Lipinski definition) is 6. The van der Waals surface area contributed by atoms with Crippen molar-refractivity contribution >= 4 is 22.7 Å². The number of anilines is 2. The van der Waals surface area contributed by atoms with Gasteiger partial charge in [-0.15, -0.1) is 0 Å². The van der Waals surface area contributed by atoms with E-state index < -0.39 is 9.85 Å². The van der Waals surface area contributed by atoms with Crippen LogP contribution in [0.1, 0.15) is 25.7 Å². The number of nitro groups is 2. The highest BCUT2D eigenvalue weighted by molar-refractivity contribution is 5.64. The third-order valence-corrected chi connectivity index (χ3v) is 4.65. The van der Waals surface area contributed by atoms with E-state index in [9.17, 15) is 20.2 Å². The molecular weight excluding hydrogens is 336 g/mol. The van der Waals surface area contributed by atoms with Gasteiger partial charge in [0.25, 0.3) is 11.4 Å². The van der Waals surface area contributed by atoms with Gasteiger partial charge in [0.1, 0.15) is 11.4 Å². The minimum Gasteiger partial charge on any atom is -0.375 e. The van der Waals surface area contributed by atoms with Crippen molar-refractivity contribution in [3.63, 3.8) is 0 Å². The first-order valence-electron chi connectivity index (χ1n) is 8.56. The van der Waals surface area contributed by atoms with E-state index in [1.54, 1.807) is 36.4 Å². The quantitative estimate of drug-likeness (QED) is 0.588. The highest BCUT2D eigenvalue weighted by Gasteiger charge is 2.28. The van der Waals surface area contributed by atoms with Gasteiger partial charge in [-0.25, -0.2) is 0 Å². The maximum atomic E-state index is 11.2. The van der Waals surface area contributed by atoms with E-state index in [0.717, 1.165) is 25.7 Å². The van der Waals surface area contributed by atoms with Gasteiger partial charge in [0, 0.05) is 24.2 Å². The largest absolute Gasteiger partial charge is 0.375 e. The van der Waals surface area contributed by atoms with E-state index in [0.29, 0.717) is 11.4 Å². The van der Waals surface area contributed by atoms with Crippen LogP contribution in [0.3, 0.4) is 0 Å². The van der Waals surface area contributed by atoms with Gasteiger partial charge in [-0.3, -0.25) is 20.2 Å². The number of hydrogen-bond donors (Lipinski definition) is 2. The van der Waals surface area contributed by atoms with Crippen molar-refractivity contribution in [3.8, 4) is 0 Å². The zero-order valence-corrected chi connectivity index (χ0v) is 14.1. The average molecular weight is 356 g/mol. The molecule has 2 aromatic carbocycles. The van der Waals surface area contributed by atoms with Crippen molar-refractivity contribution in [1.82, 2.24) is 0 Å². The minimum atomic E-state index is -0.407. The minimum absolute atomic E-state index is 0.0301. The molecule has 2 N–H and O–H groups in total. The van der Waals surface area contributed by atoms with E-state index >= 15 is 0 Å². The molecule has 1 aliphatic carbocycles. The normalized spacial score (nSPS) is 19.5. The molecule has 0 aromatic heterocycles. The lowest BCUT2D eigenvalue weighted by molar-refractivity contribution is -0.384. The van der Waals surface area contributed by atoms with E-state index in [-0.39, 0.29) is 23.5 Å². The number of nitrogens with zero attached hydrogens (tertiary/aromatic N) is 2. The Kier molecular flexibility index (Phi) is 5.31. The Morgan fingerprint density at radius 1 is 0.731 bits per heavy atom. The van der Waals surface area contributed by atoms with Crippen molar-refractivity contribution in [2.24, 2.45) is 0 Å². The summed E-state index contributed by atoms with van der Waals surface area (Å²) in [5, 5.41) is 29.0. The third kappa shape index (κ3) is 3.90. The Labute approximate surface area is 150 Å². The predicted octanol–water partition coefficient (Wildman–Crippen LogP) is 4.34. The Morgan fingerprint density at radius 3 is 1.50 bits per heavy atom. The molecular formula is C18H20N4O4. The number of nitro benzene ring substituents is 2. The molecule has 0 bridgehead atoms. The summed E-state index contributed by atoms with van der Waals surface area (Å²) < 4.78 is 0. The summed E-state index contributed by atoms with van der Waals surface area (Å²) in [5.74, 6) is 0. The monoisotopic (exact) mass is 356 g/mol. The fraction of sp³-hybridized carbons (Fsp3) is 0.333. The zero-order chi connectivity index (χ0) is 18.5. The molecule has 26 heavy (non-hydrogen) atoms. The SMILES string of the molecule is O=[N+]([O-])c1ccccc1N[C@@H]1CCCC[C@H]1Nc1ccccc1[N+](=O)[O-]. The van der Waals surface area contributed by atoms with Gasteiger partial charge in [0.2, 0.25) is 0 Å². The summed E-state index contributed by atoms with van der Waals surface area (Å²) in [4.78, 5) is 21.6. The summed E-state index contributed by atoms with van der Waals surface area (Å²) >= 11 is 0. The Morgan fingerprint density at radius 2 is 1.12 bits per heavy atom. The fourth-order valence-electron chi connectivity index (χ4n) is 3.39. The molecule has 1 saturated carbocycles. The first kappa shape index (κ1) is 17.7. The van der Waals surface area contributed by atoms with Gasteiger partial charge in [-0.05, 0) is 25.0 Å². The lowest BCUT2D eigenvalue weighted by atomic mass is 9.89. The predicted molar refractivity (Wildman–Crippen MR) is 99.5 cm³/mol. The Hall–Kier alpha value is -3.16. The first-order chi connectivity index (χ1) is 12.6. The molecule has 2 aromatic rings. The van der Waals surface area contributed by atoms with Crippen molar-refractivity contribution in [1.29, 1.82) is 0 Å². The summed E-state index contributed by atoms with van der Waals surface area (Å²) in [6, 6.07) is 13.0. The number of nitrogens with one attached hydrogen (secondary N) is 2. The molecule has 0 spiro atoms. The first-order valence-corrected chi connectivity index (χ1v) is 8.56. The second-order valence-corrected chi connectivity index (χ2v) is 6.33. The number of para-hydroxylation sites is 4. The second-order valence-electron chi connectivity index (χ2n) is 6.33. The topological polar surface area (TPSA) is 110 Å². The highest BCUT2D eigenvalue weighted by Crippen LogP contribution is 2.31. The lowest BCUT2D eigenvalue weighted by Gasteiger charge is -2.34. The van der Waals surface area contributed by atoms with Crippen LogP contribution in [0.2, 0.25) is 0 Å². The lowest BCUT2D eigenvalue weighted by Crippen LogP contribution is -2.42. The Bertz CT molecular complexity index is 744. The van der Waals surface area contributed by atoms with Crippen LogP contribution in [-0.2, 0) is 0 Å². The smallest absolute Gasteiger partial charge is 0.292 e. The van der Waals surface area contributed by atoms with E-state index in [1.807, 2.05) is 0 Å². The molecule has 3 rings (SSSR count). The van der Waals surface area contributed by atoms with Crippen molar-refractivity contribution in [2.75, 3.05) is 10.6 Å². The van der Waals surface area contributed by atoms with Crippen molar-refractivity contribution < 1.29 is 9.85 Å². The molecule has 0 radical (unpaired) electrons. The molecule has 2 atom stereocenters. The molecule has 136 valence electrons. The molecule has 1 fully saturated rings. The van der Waals surface area contributed by atoms with Crippen LogP contribution < -0.4 is 10.6 Å². The standard InChI is InChI=1S/C18H20N4O4/c23-21(24)17-11-5-3-9-15(17)19-13-7-1-2-8-14(13)20-16-10-4-6-12-18(16)22(25)26/h3-6,9-14,19-20H,1-2,7-8H2/t13-,14-/m1/s1. The summed E-state index contributed by atoms with van der Waals surface area (Å²) in [5.41, 5.74) is 1.00. The average Bonchev–Trinajstić information content (AvgIpc) is 2.64. The summed E-state index contributed by atoms with van der Waals surface area (Å²) in [6.07, 6.45) is 3.69. The summed E-state index contributed by atoms with van der Waals surface area (Å²) in [6.45, 7) is 0. The molecule has 0 aliphatic heterocycles. The van der Waals surface area contributed by atoms with Crippen molar-refractivity contribution in [3.05, 3.63) is 68.8 Å². The van der Waals surface area contributed by atoms with E-state index in [2.05, 4.69) is 10.6 Å². The van der Waals surface area contributed by atoms with Crippen molar-refractivity contribution in [2.45, 2.75) is 37.8 Å². The van der Waals surface area contributed by atoms with E-state index in [1.165, 1.54) is 12.1 Å². The maximum absolute atomic E-state index is 11.2. The van der Waals surface area contributed by atoms with Gasteiger partial charge in [-0.1, -0.05) is 37.1 Å². The molecule has 0 heterocycles. The molecule has 0 unspecified atom stereocenters. The summed E-state index contributed by atoms with van der Waals surface area (Å²) in [7, 11) is 0. The zero-order valence-electron chi connectivity index (χ0n) is 14.1. The van der Waals surface area contributed by atoms with Crippen LogP contribution in [0, 0.1) is 20.2 Å². The van der Waals surface area contributed by atoms with E-state index in [4.69, 9.17) is 0 Å². The number of benzene rings is 2. The number of rotatable bonds is 6.